The van der Waals surface area contributed by atoms with Crippen LogP contribution >= 0.6 is 0 Å². The van der Waals surface area contributed by atoms with E-state index in [9.17, 15) is 0 Å². The van der Waals surface area contributed by atoms with Gasteiger partial charge in [0.25, 0.3) is 0 Å². The van der Waals surface area contributed by atoms with E-state index in [2.05, 4.69) is 16.4 Å². The summed E-state index contributed by atoms with van der Waals surface area (Å²) in [5, 5.41) is 3.53. The lowest BCUT2D eigenvalue weighted by Crippen LogP contribution is -2.26. The van der Waals surface area contributed by atoms with Gasteiger partial charge in [-0.15, -0.1) is 0 Å². The summed E-state index contributed by atoms with van der Waals surface area (Å²) in [6, 6.07) is 4.79. The molecule has 2 nitrogen and oxygen atoms in total. The number of nitrogens with one attached hydrogen (secondary N) is 1. The van der Waals surface area contributed by atoms with Gasteiger partial charge >= 0.3 is 0 Å². The van der Waals surface area contributed by atoms with E-state index in [-0.39, 0.29) is 0 Å². The lowest BCUT2D eigenvalue weighted by Gasteiger charge is -2.25. The summed E-state index contributed by atoms with van der Waals surface area (Å²) >= 11 is 0. The number of anilines is 1. The van der Waals surface area contributed by atoms with Crippen LogP contribution in [0.2, 0.25) is 6.32 Å². The van der Waals surface area contributed by atoms with Crippen molar-refractivity contribution in [3.8, 4) is 0 Å². The Morgan fingerprint density at radius 2 is 2.31 bits per heavy atom. The summed E-state index contributed by atoms with van der Waals surface area (Å²) in [6.45, 7) is 0. The second-order valence-corrected chi connectivity index (χ2v) is 4.53. The fourth-order valence-corrected chi connectivity index (χ4v) is 2.29. The van der Waals surface area contributed by atoms with Crippen LogP contribution in [0.5, 0.6) is 0 Å². The molecule has 2 heterocycles. The van der Waals surface area contributed by atoms with Crippen LogP contribution in [0.15, 0.2) is 18.3 Å². The van der Waals surface area contributed by atoms with Crippen LogP contribution in [-0.4, -0.2) is 18.9 Å². The summed E-state index contributed by atoms with van der Waals surface area (Å²) < 4.78 is 0. The van der Waals surface area contributed by atoms with Gasteiger partial charge < -0.3 is 5.32 Å². The Bertz CT molecular complexity index is 327. The minimum absolute atomic E-state index is 0.611. The molecular weight excluding hydrogens is 195 g/mol. The molecule has 2 rings (SSSR count). The molecule has 0 aliphatic carbocycles. The maximum absolute atomic E-state index is 5.49. The zero-order valence-electron chi connectivity index (χ0n) is 9.78. The van der Waals surface area contributed by atoms with Crippen molar-refractivity contribution in [3.05, 3.63) is 23.9 Å². The van der Waals surface area contributed by atoms with E-state index in [1.54, 1.807) is 0 Å². The van der Waals surface area contributed by atoms with E-state index in [0.29, 0.717) is 6.04 Å². The Labute approximate surface area is 99.3 Å². The number of aromatic nitrogens is 1. The Morgan fingerprint density at radius 3 is 3.19 bits per heavy atom. The molecule has 84 valence electrons. The fourth-order valence-electron chi connectivity index (χ4n) is 2.29. The number of aryl methyl sites for hydroxylation is 1. The average Bonchev–Trinajstić information content (AvgIpc) is 2.34. The van der Waals surface area contributed by atoms with Crippen molar-refractivity contribution in [2.45, 2.75) is 50.9 Å². The zero-order chi connectivity index (χ0) is 11.2. The third-order valence-electron chi connectivity index (χ3n) is 3.25. The molecule has 1 N–H and O–H groups in total. The SMILES string of the molecule is [B]CCCCCC1CCc2cccnc2N1. The average molecular weight is 214 g/mol. The summed E-state index contributed by atoms with van der Waals surface area (Å²) in [5.41, 5.74) is 1.36. The van der Waals surface area contributed by atoms with Gasteiger partial charge in [-0.25, -0.2) is 4.98 Å². The molecule has 1 unspecified atom stereocenters. The van der Waals surface area contributed by atoms with Crippen LogP contribution in [0.4, 0.5) is 5.82 Å². The predicted octanol–water partition coefficient (Wildman–Crippen LogP) is 2.96. The molecule has 3 heteroatoms. The van der Waals surface area contributed by atoms with Crippen LogP contribution in [0.1, 0.15) is 37.7 Å². The van der Waals surface area contributed by atoms with E-state index < -0.39 is 0 Å². The molecule has 16 heavy (non-hydrogen) atoms. The van der Waals surface area contributed by atoms with Gasteiger partial charge in [0.2, 0.25) is 0 Å². The smallest absolute Gasteiger partial charge is 0.129 e. The van der Waals surface area contributed by atoms with Gasteiger partial charge in [0.15, 0.2) is 0 Å². The van der Waals surface area contributed by atoms with Crippen LogP contribution < -0.4 is 5.32 Å². The molecule has 0 saturated heterocycles. The quantitative estimate of drug-likeness (QED) is 0.602. The summed E-state index contributed by atoms with van der Waals surface area (Å²) in [4.78, 5) is 4.38. The largest absolute Gasteiger partial charge is 0.367 e. The van der Waals surface area contributed by atoms with Crippen LogP contribution in [0, 0.1) is 0 Å². The molecule has 0 spiro atoms. The monoisotopic (exact) mass is 214 g/mol. The van der Waals surface area contributed by atoms with E-state index in [4.69, 9.17) is 7.85 Å². The molecule has 0 saturated carbocycles. The standard InChI is InChI=1S/C13H19BN2/c14-9-3-1-2-6-12-8-7-11-5-4-10-15-13(11)16-12/h4-5,10,12H,1-3,6-9H2,(H,15,16). The van der Waals surface area contributed by atoms with Crippen LogP contribution in [0.3, 0.4) is 0 Å². The molecular formula is C13H19BN2. The van der Waals surface area contributed by atoms with Crippen molar-refractivity contribution in [2.75, 3.05) is 5.32 Å². The Hall–Kier alpha value is -0.985. The molecule has 1 aromatic rings. The molecule has 0 amide bonds. The minimum atomic E-state index is 0.611. The lowest BCUT2D eigenvalue weighted by atomic mass is 9.94. The highest BCUT2D eigenvalue weighted by Crippen LogP contribution is 2.24. The third-order valence-corrected chi connectivity index (χ3v) is 3.25. The van der Waals surface area contributed by atoms with Gasteiger partial charge in [-0.05, 0) is 30.9 Å². The molecule has 1 aliphatic heterocycles. The van der Waals surface area contributed by atoms with Gasteiger partial charge in [-0.1, -0.05) is 31.6 Å². The van der Waals surface area contributed by atoms with Crippen molar-refractivity contribution in [1.82, 2.24) is 4.98 Å². The van der Waals surface area contributed by atoms with Gasteiger partial charge in [0, 0.05) is 12.2 Å². The van der Waals surface area contributed by atoms with E-state index in [1.165, 1.54) is 31.2 Å². The van der Waals surface area contributed by atoms with Gasteiger partial charge in [-0.3, -0.25) is 0 Å². The molecule has 1 aromatic heterocycles. The second-order valence-electron chi connectivity index (χ2n) is 4.53. The molecule has 0 aromatic carbocycles. The second kappa shape index (κ2) is 5.93. The predicted molar refractivity (Wildman–Crippen MR) is 69.0 cm³/mol. The molecule has 0 fully saturated rings. The molecule has 2 radical (unpaired) electrons. The first-order valence-corrected chi connectivity index (χ1v) is 6.30. The highest BCUT2D eigenvalue weighted by atomic mass is 15.0. The number of pyridine rings is 1. The maximum Gasteiger partial charge on any atom is 0.129 e. The summed E-state index contributed by atoms with van der Waals surface area (Å²) in [6.07, 6.45) is 10.0. The summed E-state index contributed by atoms with van der Waals surface area (Å²) in [7, 11) is 5.49. The Morgan fingerprint density at radius 1 is 1.38 bits per heavy atom. The normalized spacial score (nSPS) is 18.9. The van der Waals surface area contributed by atoms with E-state index in [1.807, 2.05) is 12.3 Å². The number of hydrogen-bond acceptors (Lipinski definition) is 2. The lowest BCUT2D eigenvalue weighted by molar-refractivity contribution is 0.542. The third kappa shape index (κ3) is 3.00. The number of nitrogens with zero attached hydrogens (tertiary/aromatic N) is 1. The van der Waals surface area contributed by atoms with Gasteiger partial charge in [0.1, 0.15) is 5.82 Å². The number of unbranched alkanes of at least 4 members (excludes halogenated alkanes) is 2. The molecule has 0 bridgehead atoms. The topological polar surface area (TPSA) is 24.9 Å². The zero-order valence-corrected chi connectivity index (χ0v) is 9.78. The van der Waals surface area contributed by atoms with Crippen molar-refractivity contribution in [2.24, 2.45) is 0 Å². The van der Waals surface area contributed by atoms with E-state index >= 15 is 0 Å². The highest BCUT2D eigenvalue weighted by Gasteiger charge is 2.17. The first-order chi connectivity index (χ1) is 7.90. The van der Waals surface area contributed by atoms with Gasteiger partial charge in [-0.2, -0.15) is 0 Å². The van der Waals surface area contributed by atoms with Crippen LogP contribution in [0.25, 0.3) is 0 Å². The van der Waals surface area contributed by atoms with Crippen molar-refractivity contribution < 1.29 is 0 Å². The van der Waals surface area contributed by atoms with Crippen molar-refractivity contribution in [1.29, 1.82) is 0 Å². The summed E-state index contributed by atoms with van der Waals surface area (Å²) in [5.74, 6) is 1.09. The van der Waals surface area contributed by atoms with Crippen LogP contribution in [-0.2, 0) is 6.42 Å². The van der Waals surface area contributed by atoms with E-state index in [0.717, 1.165) is 25.0 Å². The fraction of sp³-hybridized carbons (Fsp3) is 0.615. The first-order valence-electron chi connectivity index (χ1n) is 6.30. The number of rotatable bonds is 5. The molecule has 1 aliphatic rings. The van der Waals surface area contributed by atoms with Gasteiger partial charge in [0.05, 0.1) is 7.85 Å². The minimum Gasteiger partial charge on any atom is -0.367 e. The molecule has 1 atom stereocenters. The first kappa shape index (κ1) is 11.5. The Balaban J connectivity index is 1.79. The number of hydrogen-bond donors (Lipinski definition) is 1. The maximum atomic E-state index is 5.49. The number of fused-ring (bicyclic) bond motifs is 1. The highest BCUT2D eigenvalue weighted by molar-refractivity contribution is 6.08. The van der Waals surface area contributed by atoms with Crippen molar-refractivity contribution >= 4 is 13.7 Å². The van der Waals surface area contributed by atoms with Crippen molar-refractivity contribution in [3.63, 3.8) is 0 Å². The Kier molecular flexibility index (Phi) is 4.26.